The van der Waals surface area contributed by atoms with Gasteiger partial charge in [-0.15, -0.1) is 11.8 Å². The van der Waals surface area contributed by atoms with Crippen molar-refractivity contribution in [2.45, 2.75) is 44.0 Å². The molecule has 2 nitrogen and oxygen atoms in total. The molecule has 2 rings (SSSR count). The third-order valence-electron chi connectivity index (χ3n) is 3.64. The van der Waals surface area contributed by atoms with Gasteiger partial charge in [-0.1, -0.05) is 19.1 Å². The van der Waals surface area contributed by atoms with E-state index >= 15 is 0 Å². The van der Waals surface area contributed by atoms with E-state index in [1.165, 1.54) is 29.7 Å². The Morgan fingerprint density at radius 3 is 2.63 bits per heavy atom. The molecule has 3 heteroatoms. The molecule has 0 unspecified atom stereocenters. The molecule has 0 radical (unpaired) electrons. The van der Waals surface area contributed by atoms with Gasteiger partial charge >= 0.3 is 0 Å². The fraction of sp³-hybridized carbons (Fsp3) is 0.562. The molecule has 102 valence electrons. The Balaban J connectivity index is 1.77. The molecule has 0 saturated heterocycles. The molecule has 1 saturated carbocycles. The fourth-order valence-electron chi connectivity index (χ4n) is 2.07. The molecule has 0 bridgehead atoms. The van der Waals surface area contributed by atoms with Crippen molar-refractivity contribution >= 4 is 11.8 Å². The number of thioether (sulfide) groups is 1. The van der Waals surface area contributed by atoms with Crippen molar-refractivity contribution in [3.8, 4) is 6.07 Å². The van der Waals surface area contributed by atoms with Crippen molar-refractivity contribution < 1.29 is 0 Å². The highest BCUT2D eigenvalue weighted by Crippen LogP contribution is 2.51. The summed E-state index contributed by atoms with van der Waals surface area (Å²) < 4.78 is 0. The Bertz CT molecular complexity index is 429. The summed E-state index contributed by atoms with van der Waals surface area (Å²) in [7, 11) is 0. The van der Waals surface area contributed by atoms with Crippen LogP contribution < -0.4 is 5.32 Å². The van der Waals surface area contributed by atoms with Crippen molar-refractivity contribution in [1.29, 1.82) is 5.26 Å². The summed E-state index contributed by atoms with van der Waals surface area (Å²) in [6, 6.07) is 11.1. The van der Waals surface area contributed by atoms with Crippen LogP contribution in [0.5, 0.6) is 0 Å². The molecule has 1 fully saturated rings. The number of nitrogens with one attached hydrogen (secondary N) is 1. The third kappa shape index (κ3) is 4.56. The number of hydrogen-bond donors (Lipinski definition) is 1. The summed E-state index contributed by atoms with van der Waals surface area (Å²) in [6.45, 7) is 4.21. The number of hydrogen-bond acceptors (Lipinski definition) is 3. The van der Waals surface area contributed by atoms with Crippen LogP contribution in [0.2, 0.25) is 0 Å². The summed E-state index contributed by atoms with van der Waals surface area (Å²) in [6.07, 6.45) is 4.35. The molecule has 1 aliphatic carbocycles. The number of nitrogens with zero attached hydrogens (tertiary/aromatic N) is 1. The van der Waals surface area contributed by atoms with Crippen LogP contribution >= 0.6 is 11.8 Å². The zero-order valence-electron chi connectivity index (χ0n) is 11.6. The van der Waals surface area contributed by atoms with Crippen LogP contribution in [0.3, 0.4) is 0 Å². The molecular formula is C16H22N2S. The Kier molecular flexibility index (Phi) is 5.30. The standard InChI is InChI=1S/C16H22N2S/c1-2-11-18-12-14-3-5-15(6-4-14)19-13-16(7-8-16)9-10-17/h3-6,18H,2,7-9,11-13H2,1H3. The van der Waals surface area contributed by atoms with E-state index in [1.54, 1.807) is 0 Å². The molecule has 0 atom stereocenters. The average molecular weight is 274 g/mol. The van der Waals surface area contributed by atoms with E-state index in [2.05, 4.69) is 42.6 Å². The second-order valence-electron chi connectivity index (χ2n) is 5.44. The van der Waals surface area contributed by atoms with Gasteiger partial charge in [-0.3, -0.25) is 0 Å². The van der Waals surface area contributed by atoms with E-state index in [4.69, 9.17) is 5.26 Å². The quantitative estimate of drug-likeness (QED) is 0.575. The van der Waals surface area contributed by atoms with Gasteiger partial charge in [-0.05, 0) is 48.9 Å². The van der Waals surface area contributed by atoms with Crippen molar-refractivity contribution in [2.24, 2.45) is 5.41 Å². The van der Waals surface area contributed by atoms with E-state index in [-0.39, 0.29) is 0 Å². The summed E-state index contributed by atoms with van der Waals surface area (Å²) in [5.41, 5.74) is 1.68. The minimum Gasteiger partial charge on any atom is -0.313 e. The number of benzene rings is 1. The summed E-state index contributed by atoms with van der Waals surface area (Å²) in [5.74, 6) is 1.09. The molecule has 0 heterocycles. The van der Waals surface area contributed by atoms with Crippen LogP contribution in [-0.2, 0) is 6.54 Å². The summed E-state index contributed by atoms with van der Waals surface area (Å²) >= 11 is 1.90. The minimum absolute atomic E-state index is 0.334. The highest BCUT2D eigenvalue weighted by Gasteiger charge is 2.42. The second-order valence-corrected chi connectivity index (χ2v) is 6.49. The lowest BCUT2D eigenvalue weighted by molar-refractivity contribution is 0.604. The van der Waals surface area contributed by atoms with Crippen LogP contribution in [0.15, 0.2) is 29.2 Å². The average Bonchev–Trinajstić information content (AvgIpc) is 3.19. The highest BCUT2D eigenvalue weighted by atomic mass is 32.2. The van der Waals surface area contributed by atoms with Gasteiger partial charge in [0, 0.05) is 23.6 Å². The fourth-order valence-corrected chi connectivity index (χ4v) is 3.26. The maximum Gasteiger partial charge on any atom is 0.0627 e. The van der Waals surface area contributed by atoms with Crippen LogP contribution in [0.25, 0.3) is 0 Å². The van der Waals surface area contributed by atoms with Gasteiger partial charge in [0.05, 0.1) is 6.07 Å². The van der Waals surface area contributed by atoms with Crippen molar-refractivity contribution in [1.82, 2.24) is 5.32 Å². The monoisotopic (exact) mass is 274 g/mol. The van der Waals surface area contributed by atoms with Gasteiger partial charge in [-0.25, -0.2) is 0 Å². The molecule has 19 heavy (non-hydrogen) atoms. The van der Waals surface area contributed by atoms with Gasteiger partial charge in [0.25, 0.3) is 0 Å². The van der Waals surface area contributed by atoms with E-state index < -0.39 is 0 Å². The van der Waals surface area contributed by atoms with Gasteiger partial charge in [0.2, 0.25) is 0 Å². The first-order valence-electron chi connectivity index (χ1n) is 7.07. The molecular weight excluding hydrogens is 252 g/mol. The molecule has 0 aromatic heterocycles. The predicted molar refractivity (Wildman–Crippen MR) is 81.1 cm³/mol. The first-order valence-corrected chi connectivity index (χ1v) is 8.06. The first kappa shape index (κ1) is 14.4. The van der Waals surface area contributed by atoms with Crippen LogP contribution in [0, 0.1) is 16.7 Å². The Morgan fingerprint density at radius 1 is 1.32 bits per heavy atom. The van der Waals surface area contributed by atoms with E-state index in [9.17, 15) is 0 Å². The molecule has 1 aromatic rings. The van der Waals surface area contributed by atoms with Gasteiger partial charge in [0.1, 0.15) is 0 Å². The molecule has 1 aromatic carbocycles. The third-order valence-corrected chi connectivity index (χ3v) is 5.00. The zero-order valence-corrected chi connectivity index (χ0v) is 12.4. The summed E-state index contributed by atoms with van der Waals surface area (Å²) in [5, 5.41) is 12.2. The van der Waals surface area contributed by atoms with E-state index in [0.717, 1.165) is 25.3 Å². The summed E-state index contributed by atoms with van der Waals surface area (Å²) in [4.78, 5) is 1.32. The maximum absolute atomic E-state index is 8.81. The molecule has 1 N–H and O–H groups in total. The molecule has 0 aliphatic heterocycles. The van der Waals surface area contributed by atoms with Crippen LogP contribution in [-0.4, -0.2) is 12.3 Å². The molecule has 0 amide bonds. The lowest BCUT2D eigenvalue weighted by Crippen LogP contribution is -2.13. The lowest BCUT2D eigenvalue weighted by Gasteiger charge is -2.10. The van der Waals surface area contributed by atoms with Crippen molar-refractivity contribution in [3.63, 3.8) is 0 Å². The normalized spacial score (nSPS) is 16.0. The number of nitriles is 1. The topological polar surface area (TPSA) is 35.8 Å². The van der Waals surface area contributed by atoms with Crippen LogP contribution in [0.1, 0.15) is 38.2 Å². The van der Waals surface area contributed by atoms with Crippen LogP contribution in [0.4, 0.5) is 0 Å². The first-order chi connectivity index (χ1) is 9.28. The van der Waals surface area contributed by atoms with Gasteiger partial charge in [0.15, 0.2) is 0 Å². The minimum atomic E-state index is 0.334. The second kappa shape index (κ2) is 6.98. The Labute approximate surface area is 120 Å². The van der Waals surface area contributed by atoms with E-state index in [0.29, 0.717) is 5.41 Å². The molecule has 0 spiro atoms. The largest absolute Gasteiger partial charge is 0.313 e. The van der Waals surface area contributed by atoms with Crippen molar-refractivity contribution in [2.75, 3.05) is 12.3 Å². The smallest absolute Gasteiger partial charge is 0.0627 e. The molecule has 1 aliphatic rings. The Hall–Kier alpha value is -0.980. The zero-order chi connectivity index (χ0) is 13.6. The number of rotatable bonds is 8. The Morgan fingerprint density at radius 2 is 2.05 bits per heavy atom. The lowest BCUT2D eigenvalue weighted by atomic mass is 10.1. The predicted octanol–water partition coefficient (Wildman–Crippen LogP) is 3.97. The highest BCUT2D eigenvalue weighted by molar-refractivity contribution is 7.99. The SMILES string of the molecule is CCCNCc1ccc(SCC2(CC#N)CC2)cc1. The van der Waals surface area contributed by atoms with Gasteiger partial charge in [-0.2, -0.15) is 5.26 Å². The van der Waals surface area contributed by atoms with Gasteiger partial charge < -0.3 is 5.32 Å². The van der Waals surface area contributed by atoms with E-state index in [1.807, 2.05) is 11.8 Å². The maximum atomic E-state index is 8.81. The van der Waals surface area contributed by atoms with Crippen molar-refractivity contribution in [3.05, 3.63) is 29.8 Å².